The number of amides is 3. The van der Waals surface area contributed by atoms with Crippen LogP contribution in [0.5, 0.6) is 0 Å². The first-order valence-corrected chi connectivity index (χ1v) is 14.4. The number of aromatic nitrogens is 3. The lowest BCUT2D eigenvalue weighted by molar-refractivity contribution is -0.135. The van der Waals surface area contributed by atoms with Gasteiger partial charge in [-0.15, -0.1) is 0 Å². The number of hydrogen-bond acceptors (Lipinski definition) is 6. The molecule has 3 amide bonds. The third-order valence-corrected chi connectivity index (χ3v) is 9.21. The molecule has 43 heavy (non-hydrogen) atoms. The van der Waals surface area contributed by atoms with Gasteiger partial charge in [-0.05, 0) is 48.2 Å². The molecule has 3 aromatic heterocycles. The molecule has 3 fully saturated rings. The lowest BCUT2D eigenvalue weighted by Gasteiger charge is -2.46. The van der Waals surface area contributed by atoms with Crippen molar-refractivity contribution < 1.29 is 14.4 Å². The fourth-order valence-corrected chi connectivity index (χ4v) is 6.70. The largest absolute Gasteiger partial charge is 0.351 e. The van der Waals surface area contributed by atoms with Gasteiger partial charge in [0, 0.05) is 53.4 Å². The van der Waals surface area contributed by atoms with Gasteiger partial charge in [-0.1, -0.05) is 39.0 Å². The zero-order valence-corrected chi connectivity index (χ0v) is 24.2. The van der Waals surface area contributed by atoms with Crippen molar-refractivity contribution in [2.45, 2.75) is 45.3 Å². The molecule has 216 valence electrons. The second-order valence-electron chi connectivity index (χ2n) is 12.9. The summed E-state index contributed by atoms with van der Waals surface area (Å²) in [4.78, 5) is 56.3. The fourth-order valence-electron chi connectivity index (χ4n) is 6.70. The maximum absolute atomic E-state index is 14.0. The molecule has 0 radical (unpaired) electrons. The molecule has 10 heteroatoms. The van der Waals surface area contributed by atoms with Crippen molar-refractivity contribution in [1.29, 1.82) is 5.26 Å². The summed E-state index contributed by atoms with van der Waals surface area (Å²) in [5.41, 5.74) is 2.93. The van der Waals surface area contributed by atoms with E-state index in [1.165, 1.54) is 6.20 Å². The number of carbonyl (C=O) groups excluding carboxylic acids is 3. The third-order valence-electron chi connectivity index (χ3n) is 9.21. The first kappa shape index (κ1) is 26.8. The van der Waals surface area contributed by atoms with Gasteiger partial charge in [0.1, 0.15) is 23.5 Å². The zero-order chi connectivity index (χ0) is 30.1. The number of para-hydroxylation sites is 1. The van der Waals surface area contributed by atoms with Gasteiger partial charge in [0.05, 0.1) is 17.3 Å². The van der Waals surface area contributed by atoms with E-state index in [1.807, 2.05) is 60.9 Å². The molecule has 3 aliphatic rings. The Morgan fingerprint density at radius 3 is 2.53 bits per heavy atom. The predicted octanol–water partition coefficient (Wildman–Crippen LogP) is 3.77. The number of piperidine rings is 1. The fraction of sp³-hybridized carbons (Fsp3) is 0.333. The van der Waals surface area contributed by atoms with Gasteiger partial charge in [-0.3, -0.25) is 24.4 Å². The number of hydrogen-bond donors (Lipinski definition) is 2. The Hall–Kier alpha value is -5.04. The van der Waals surface area contributed by atoms with Crippen LogP contribution in [-0.2, 0) is 4.79 Å². The van der Waals surface area contributed by atoms with Crippen molar-refractivity contribution in [3.05, 3.63) is 83.9 Å². The van der Waals surface area contributed by atoms with E-state index in [2.05, 4.69) is 20.3 Å². The van der Waals surface area contributed by atoms with Gasteiger partial charge in [-0.25, -0.2) is 0 Å². The summed E-state index contributed by atoms with van der Waals surface area (Å²) >= 11 is 0. The molecule has 2 aliphatic heterocycles. The number of nitrogens with zero attached hydrogens (tertiary/aromatic N) is 5. The minimum atomic E-state index is -0.726. The average molecular weight is 574 g/mol. The number of nitriles is 1. The van der Waals surface area contributed by atoms with E-state index in [0.717, 1.165) is 22.9 Å². The monoisotopic (exact) mass is 573 g/mol. The zero-order valence-electron chi connectivity index (χ0n) is 24.2. The lowest BCUT2D eigenvalue weighted by atomic mass is 9.85. The Balaban J connectivity index is 1.04. The minimum Gasteiger partial charge on any atom is -0.351 e. The van der Waals surface area contributed by atoms with Crippen molar-refractivity contribution in [2.75, 3.05) is 13.1 Å². The van der Waals surface area contributed by atoms with E-state index < -0.39 is 11.5 Å². The van der Waals surface area contributed by atoms with E-state index in [0.29, 0.717) is 35.7 Å². The van der Waals surface area contributed by atoms with Crippen molar-refractivity contribution in [3.63, 3.8) is 0 Å². The Labute approximate surface area is 248 Å². The Bertz CT molecular complexity index is 1780. The molecule has 5 heterocycles. The number of likely N-dealkylation sites (tertiary alicyclic amines) is 2. The number of benzene rings is 1. The van der Waals surface area contributed by atoms with Crippen molar-refractivity contribution in [3.8, 4) is 17.3 Å². The summed E-state index contributed by atoms with van der Waals surface area (Å²) in [5, 5.41) is 12.9. The van der Waals surface area contributed by atoms with Crippen LogP contribution in [0.2, 0.25) is 0 Å². The van der Waals surface area contributed by atoms with Crippen molar-refractivity contribution in [1.82, 2.24) is 30.1 Å². The van der Waals surface area contributed by atoms with Crippen molar-refractivity contribution >= 4 is 28.6 Å². The number of carbonyl (C=O) groups is 3. The number of rotatable bonds is 5. The maximum atomic E-state index is 14.0. The number of fused-ring (bicyclic) bond motifs is 1. The van der Waals surface area contributed by atoms with Crippen LogP contribution in [0.1, 0.15) is 53.7 Å². The predicted molar refractivity (Wildman–Crippen MR) is 159 cm³/mol. The molecule has 0 bridgehead atoms. The molecule has 1 unspecified atom stereocenters. The second-order valence-corrected chi connectivity index (χ2v) is 12.9. The van der Waals surface area contributed by atoms with Crippen molar-refractivity contribution in [2.24, 2.45) is 10.8 Å². The standard InChI is InChI=1S/C33H31N7O3/c1-32(2,3)28(38-29(41)25-12-20-6-4-5-7-23(20)37-25)31(43)39-17-27-33(13-26(33)39)18-40(27)30(42)24-11-9-21(16-36-24)22-10-8-19(14-34)15-35-22/h4-12,15-16,26-28,37H,13,17-18H2,1-3H3,(H,38,41)/t26-,27+,28+,33?/m0/s1. The smallest absolute Gasteiger partial charge is 0.272 e. The van der Waals surface area contributed by atoms with E-state index in [1.54, 1.807) is 36.5 Å². The first-order chi connectivity index (χ1) is 20.6. The second kappa shape index (κ2) is 9.49. The van der Waals surface area contributed by atoms with E-state index >= 15 is 0 Å². The summed E-state index contributed by atoms with van der Waals surface area (Å²) in [5.74, 6) is -0.591. The SMILES string of the molecule is CC(C)(C)[C@H](NC(=O)c1cc2ccccc2[nH]1)C(=O)N1C[C@H]2N(C(=O)c3ccc(-c4ccc(C#N)cn4)cn3)CC23C[C@H]13. The third kappa shape index (κ3) is 4.35. The quantitative estimate of drug-likeness (QED) is 0.373. The molecule has 1 saturated carbocycles. The van der Waals surface area contributed by atoms with Gasteiger partial charge in [0.2, 0.25) is 5.91 Å². The van der Waals surface area contributed by atoms with Gasteiger partial charge in [-0.2, -0.15) is 5.26 Å². The lowest BCUT2D eigenvalue weighted by Crippen LogP contribution is -2.61. The Kier molecular flexibility index (Phi) is 5.92. The van der Waals surface area contributed by atoms with Crippen LogP contribution in [-0.4, -0.2) is 73.7 Å². The summed E-state index contributed by atoms with van der Waals surface area (Å²) in [7, 11) is 0. The number of aromatic amines is 1. The molecule has 7 rings (SSSR count). The molecule has 4 atom stereocenters. The summed E-state index contributed by atoms with van der Waals surface area (Å²) in [6, 6.07) is 17.7. The highest BCUT2D eigenvalue weighted by atomic mass is 16.2. The number of nitrogens with one attached hydrogen (secondary N) is 2. The molecule has 4 aromatic rings. The maximum Gasteiger partial charge on any atom is 0.272 e. The van der Waals surface area contributed by atoms with E-state index in [9.17, 15) is 14.4 Å². The van der Waals surface area contributed by atoms with Crippen LogP contribution in [0.4, 0.5) is 0 Å². The summed E-state index contributed by atoms with van der Waals surface area (Å²) < 4.78 is 0. The first-order valence-electron chi connectivity index (χ1n) is 14.4. The molecule has 1 aliphatic carbocycles. The topological polar surface area (TPSA) is 135 Å². The van der Waals surface area contributed by atoms with Crippen LogP contribution in [0.15, 0.2) is 67.0 Å². The average Bonchev–Trinajstić information content (AvgIpc) is 3.51. The minimum absolute atomic E-state index is 0.0682. The molecular weight excluding hydrogens is 542 g/mol. The van der Waals surface area contributed by atoms with Crippen LogP contribution in [0.25, 0.3) is 22.2 Å². The highest BCUT2D eigenvalue weighted by Gasteiger charge is 2.76. The van der Waals surface area contributed by atoms with Crippen LogP contribution in [0.3, 0.4) is 0 Å². The molecule has 10 nitrogen and oxygen atoms in total. The molecule has 1 spiro atoms. The van der Waals surface area contributed by atoms with Gasteiger partial charge >= 0.3 is 0 Å². The van der Waals surface area contributed by atoms with Gasteiger partial charge in [0.25, 0.3) is 11.8 Å². The number of H-pyrrole nitrogens is 1. The summed E-state index contributed by atoms with van der Waals surface area (Å²) in [6.07, 6.45) is 3.98. The Morgan fingerprint density at radius 1 is 1.05 bits per heavy atom. The van der Waals surface area contributed by atoms with Gasteiger partial charge < -0.3 is 20.1 Å². The molecule has 1 aromatic carbocycles. The highest BCUT2D eigenvalue weighted by molar-refractivity contribution is 6.00. The highest BCUT2D eigenvalue weighted by Crippen LogP contribution is 2.65. The van der Waals surface area contributed by atoms with Crippen LogP contribution < -0.4 is 5.32 Å². The van der Waals surface area contributed by atoms with Crippen LogP contribution in [0, 0.1) is 22.2 Å². The molecule has 2 N–H and O–H groups in total. The normalized spacial score (nSPS) is 22.7. The molecular formula is C33H31N7O3. The molecule has 2 saturated heterocycles. The van der Waals surface area contributed by atoms with Crippen LogP contribution >= 0.6 is 0 Å². The summed E-state index contributed by atoms with van der Waals surface area (Å²) in [6.45, 7) is 6.89. The van der Waals surface area contributed by atoms with E-state index in [-0.39, 0.29) is 35.2 Å². The Morgan fingerprint density at radius 2 is 1.86 bits per heavy atom. The van der Waals surface area contributed by atoms with Gasteiger partial charge in [0.15, 0.2) is 0 Å². The number of pyridine rings is 2. The van der Waals surface area contributed by atoms with E-state index in [4.69, 9.17) is 5.26 Å².